The van der Waals surface area contributed by atoms with Crippen LogP contribution in [0.3, 0.4) is 0 Å². The summed E-state index contributed by atoms with van der Waals surface area (Å²) < 4.78 is 1.47. The summed E-state index contributed by atoms with van der Waals surface area (Å²) in [6.07, 6.45) is 1.60. The van der Waals surface area contributed by atoms with Gasteiger partial charge in [0.15, 0.2) is 17.2 Å². The molecule has 0 radical (unpaired) electrons. The lowest BCUT2D eigenvalue weighted by Gasteiger charge is -2.13. The van der Waals surface area contributed by atoms with E-state index >= 15 is 0 Å². The van der Waals surface area contributed by atoms with Crippen LogP contribution in [0.4, 0.5) is 0 Å². The number of aromatic nitrogens is 6. The third kappa shape index (κ3) is 2.98. The quantitative estimate of drug-likeness (QED) is 0.416. The Hall–Kier alpha value is -4.27. The first-order valence-corrected chi connectivity index (χ1v) is 9.79. The molecule has 0 spiro atoms. The van der Waals surface area contributed by atoms with Crippen molar-refractivity contribution in [2.45, 2.75) is 19.8 Å². The Morgan fingerprint density at radius 2 is 1.94 bits per heavy atom. The average Bonchev–Trinajstić information content (AvgIpc) is 3.35. The van der Waals surface area contributed by atoms with Gasteiger partial charge in [-0.05, 0) is 35.7 Å². The van der Waals surface area contributed by atoms with E-state index in [-0.39, 0.29) is 23.0 Å². The van der Waals surface area contributed by atoms with E-state index in [0.717, 1.165) is 16.6 Å². The number of rotatable bonds is 4. The summed E-state index contributed by atoms with van der Waals surface area (Å²) in [5.41, 5.74) is 9.58. The molecule has 5 aromatic rings. The highest BCUT2D eigenvalue weighted by Crippen LogP contribution is 2.27. The SMILES string of the molecule is CC(C)c1ccccc1-n1c(=O)[nH]c2c(C(N)=O)nc(-c3ccc4nc[nH]c4c3)nc21. The third-order valence-electron chi connectivity index (χ3n) is 5.25. The van der Waals surface area contributed by atoms with Gasteiger partial charge in [0.05, 0.1) is 23.0 Å². The topological polar surface area (TPSA) is 135 Å². The molecule has 0 saturated heterocycles. The molecule has 9 nitrogen and oxygen atoms in total. The van der Waals surface area contributed by atoms with Crippen LogP contribution < -0.4 is 11.4 Å². The fourth-order valence-electron chi connectivity index (χ4n) is 3.77. The molecule has 4 N–H and O–H groups in total. The summed E-state index contributed by atoms with van der Waals surface area (Å²) >= 11 is 0. The summed E-state index contributed by atoms with van der Waals surface area (Å²) in [5.74, 6) is -0.290. The molecule has 3 aromatic heterocycles. The molecular formula is C22H19N7O2. The fourth-order valence-corrected chi connectivity index (χ4v) is 3.77. The number of nitrogens with one attached hydrogen (secondary N) is 2. The number of carbonyl (C=O) groups is 1. The standard InChI is InChI=1S/C22H19N7O2/c1-11(2)13-5-3-4-6-16(13)29-21-18(27-22(29)31)17(19(23)30)26-20(28-21)12-7-8-14-15(9-12)25-10-24-14/h3-11H,1-2H3,(H2,23,30)(H,24,25)(H,27,31). The molecule has 0 fully saturated rings. The lowest BCUT2D eigenvalue weighted by molar-refractivity contribution is 0.0997. The number of H-pyrrole nitrogens is 2. The molecule has 1 amide bonds. The molecule has 0 aliphatic carbocycles. The molecule has 0 aliphatic rings. The van der Waals surface area contributed by atoms with E-state index in [2.05, 4.69) is 24.9 Å². The molecule has 3 heterocycles. The molecule has 2 aromatic carbocycles. The molecule has 31 heavy (non-hydrogen) atoms. The molecular weight excluding hydrogens is 394 g/mol. The largest absolute Gasteiger partial charge is 0.364 e. The van der Waals surface area contributed by atoms with Crippen molar-refractivity contribution in [2.75, 3.05) is 0 Å². The van der Waals surface area contributed by atoms with Crippen molar-refractivity contribution in [1.82, 2.24) is 29.5 Å². The number of nitrogens with two attached hydrogens (primary N) is 1. The van der Waals surface area contributed by atoms with Crippen LogP contribution in [0.2, 0.25) is 0 Å². The molecule has 5 rings (SSSR count). The van der Waals surface area contributed by atoms with Crippen molar-refractivity contribution in [3.63, 3.8) is 0 Å². The summed E-state index contributed by atoms with van der Waals surface area (Å²) in [6.45, 7) is 4.10. The van der Waals surface area contributed by atoms with E-state index in [1.54, 1.807) is 6.33 Å². The number of carbonyl (C=O) groups excluding carboxylic acids is 1. The van der Waals surface area contributed by atoms with Gasteiger partial charge in [-0.15, -0.1) is 0 Å². The van der Waals surface area contributed by atoms with E-state index in [4.69, 9.17) is 5.73 Å². The number of hydrogen-bond donors (Lipinski definition) is 3. The first-order chi connectivity index (χ1) is 14.9. The van der Waals surface area contributed by atoms with Crippen LogP contribution in [0, 0.1) is 0 Å². The van der Waals surface area contributed by atoms with Gasteiger partial charge >= 0.3 is 5.69 Å². The predicted octanol–water partition coefficient (Wildman–Crippen LogP) is 2.87. The van der Waals surface area contributed by atoms with Crippen LogP contribution in [-0.4, -0.2) is 35.4 Å². The van der Waals surface area contributed by atoms with Crippen LogP contribution in [0.5, 0.6) is 0 Å². The van der Waals surface area contributed by atoms with Crippen LogP contribution in [-0.2, 0) is 0 Å². The van der Waals surface area contributed by atoms with Crippen LogP contribution in [0.1, 0.15) is 35.8 Å². The summed E-state index contributed by atoms with van der Waals surface area (Å²) in [4.78, 5) is 44.1. The maximum Gasteiger partial charge on any atom is 0.332 e. The zero-order valence-electron chi connectivity index (χ0n) is 16.9. The van der Waals surface area contributed by atoms with Crippen molar-refractivity contribution < 1.29 is 4.79 Å². The van der Waals surface area contributed by atoms with Crippen molar-refractivity contribution in [3.05, 3.63) is 70.5 Å². The lowest BCUT2D eigenvalue weighted by Crippen LogP contribution is -2.17. The van der Waals surface area contributed by atoms with Gasteiger partial charge in [0.2, 0.25) is 0 Å². The van der Waals surface area contributed by atoms with Gasteiger partial charge in [0, 0.05) is 5.56 Å². The first kappa shape index (κ1) is 18.7. The van der Waals surface area contributed by atoms with Crippen molar-refractivity contribution in [3.8, 4) is 17.1 Å². The van der Waals surface area contributed by atoms with Gasteiger partial charge in [0.25, 0.3) is 5.91 Å². The second kappa shape index (κ2) is 6.91. The highest BCUT2D eigenvalue weighted by atomic mass is 16.2. The maximum atomic E-state index is 13.0. The number of para-hydroxylation sites is 1. The molecule has 0 unspecified atom stereocenters. The minimum atomic E-state index is -0.748. The Bertz CT molecular complexity index is 1520. The molecule has 0 aliphatic heterocycles. The number of amides is 1. The number of imidazole rings is 2. The smallest absolute Gasteiger partial charge is 0.332 e. The highest BCUT2D eigenvalue weighted by Gasteiger charge is 2.22. The number of primary amides is 1. The van der Waals surface area contributed by atoms with Gasteiger partial charge in [-0.3, -0.25) is 4.79 Å². The van der Waals surface area contributed by atoms with Gasteiger partial charge in [-0.25, -0.2) is 24.3 Å². The Morgan fingerprint density at radius 3 is 2.71 bits per heavy atom. The van der Waals surface area contributed by atoms with E-state index < -0.39 is 11.6 Å². The maximum absolute atomic E-state index is 13.0. The van der Waals surface area contributed by atoms with E-state index in [1.807, 2.05) is 56.3 Å². The Labute approximate surface area is 176 Å². The third-order valence-corrected chi connectivity index (χ3v) is 5.25. The van der Waals surface area contributed by atoms with Gasteiger partial charge in [-0.2, -0.15) is 0 Å². The summed E-state index contributed by atoms with van der Waals surface area (Å²) in [7, 11) is 0. The minimum absolute atomic E-state index is 0.0393. The summed E-state index contributed by atoms with van der Waals surface area (Å²) in [5, 5.41) is 0. The van der Waals surface area contributed by atoms with Gasteiger partial charge in [-0.1, -0.05) is 32.0 Å². The minimum Gasteiger partial charge on any atom is -0.364 e. The average molecular weight is 413 g/mol. The molecule has 0 saturated carbocycles. The normalized spacial score (nSPS) is 11.6. The van der Waals surface area contributed by atoms with Crippen LogP contribution in [0.25, 0.3) is 39.3 Å². The number of aromatic amines is 2. The van der Waals surface area contributed by atoms with E-state index in [9.17, 15) is 9.59 Å². The number of benzene rings is 2. The van der Waals surface area contributed by atoms with Crippen molar-refractivity contribution >= 4 is 28.1 Å². The Kier molecular flexibility index (Phi) is 4.18. The number of hydrogen-bond acceptors (Lipinski definition) is 5. The van der Waals surface area contributed by atoms with Crippen molar-refractivity contribution in [1.29, 1.82) is 0 Å². The zero-order chi connectivity index (χ0) is 21.7. The molecule has 0 atom stereocenters. The van der Waals surface area contributed by atoms with Gasteiger partial charge in [0.1, 0.15) is 5.52 Å². The van der Waals surface area contributed by atoms with E-state index in [0.29, 0.717) is 16.9 Å². The second-order valence-electron chi connectivity index (χ2n) is 7.57. The van der Waals surface area contributed by atoms with Gasteiger partial charge < -0.3 is 15.7 Å². The predicted molar refractivity (Wildman–Crippen MR) is 117 cm³/mol. The van der Waals surface area contributed by atoms with Crippen LogP contribution in [0.15, 0.2) is 53.6 Å². The zero-order valence-corrected chi connectivity index (χ0v) is 16.9. The lowest BCUT2D eigenvalue weighted by atomic mass is 10.0. The monoisotopic (exact) mass is 413 g/mol. The Morgan fingerprint density at radius 1 is 1.13 bits per heavy atom. The highest BCUT2D eigenvalue weighted by molar-refractivity contribution is 6.02. The van der Waals surface area contributed by atoms with E-state index in [1.165, 1.54) is 4.57 Å². The van der Waals surface area contributed by atoms with Crippen molar-refractivity contribution in [2.24, 2.45) is 5.73 Å². The summed E-state index contributed by atoms with van der Waals surface area (Å²) in [6, 6.07) is 13.1. The van der Waals surface area contributed by atoms with Crippen LogP contribution >= 0.6 is 0 Å². The Balaban J connectivity index is 1.84. The molecule has 154 valence electrons. The second-order valence-corrected chi connectivity index (χ2v) is 7.57. The molecule has 0 bridgehead atoms. The first-order valence-electron chi connectivity index (χ1n) is 9.79. The fraction of sp³-hybridized carbons (Fsp3) is 0.136. The molecule has 9 heteroatoms. The number of nitrogens with zero attached hydrogens (tertiary/aromatic N) is 4. The number of fused-ring (bicyclic) bond motifs is 2.